The zero-order valence-electron chi connectivity index (χ0n) is 7.80. The molecule has 0 amide bonds. The average Bonchev–Trinajstić information content (AvgIpc) is 2.82. The fraction of sp³-hybridized carbons (Fsp3) is 0.625. The number of rotatable bonds is 4. The molecule has 14 heavy (non-hydrogen) atoms. The van der Waals surface area contributed by atoms with Crippen molar-refractivity contribution < 1.29 is 12.9 Å². The molecule has 1 atom stereocenters. The van der Waals surface area contributed by atoms with E-state index in [0.29, 0.717) is 5.69 Å². The fourth-order valence-electron chi connectivity index (χ4n) is 1.23. The third-order valence-electron chi connectivity index (χ3n) is 2.21. The topological polar surface area (TPSA) is 72.2 Å². The zero-order valence-corrected chi connectivity index (χ0v) is 8.62. The SMILES string of the molecule is CC(NS(=O)(=O)C1CC1)c1ccon1. The summed E-state index contributed by atoms with van der Waals surface area (Å²) in [4.78, 5) is 0. The zero-order chi connectivity index (χ0) is 10.2. The van der Waals surface area contributed by atoms with Crippen LogP contribution >= 0.6 is 0 Å². The molecule has 1 heterocycles. The summed E-state index contributed by atoms with van der Waals surface area (Å²) in [6, 6.07) is 1.33. The van der Waals surface area contributed by atoms with Gasteiger partial charge in [-0.15, -0.1) is 0 Å². The Morgan fingerprint density at radius 2 is 2.36 bits per heavy atom. The van der Waals surface area contributed by atoms with Gasteiger partial charge in [0.2, 0.25) is 10.0 Å². The summed E-state index contributed by atoms with van der Waals surface area (Å²) in [6.07, 6.45) is 2.96. The molecule has 0 aliphatic heterocycles. The molecule has 0 aromatic carbocycles. The lowest BCUT2D eigenvalue weighted by molar-refractivity contribution is 0.404. The van der Waals surface area contributed by atoms with Crippen molar-refractivity contribution in [2.45, 2.75) is 31.1 Å². The summed E-state index contributed by atoms with van der Waals surface area (Å²) in [5.41, 5.74) is 0.606. The van der Waals surface area contributed by atoms with Crippen molar-refractivity contribution in [3.63, 3.8) is 0 Å². The Hall–Kier alpha value is -0.880. The molecule has 1 aliphatic rings. The molecule has 0 bridgehead atoms. The summed E-state index contributed by atoms with van der Waals surface area (Å²) < 4.78 is 30.3. The summed E-state index contributed by atoms with van der Waals surface area (Å²) >= 11 is 0. The molecule has 1 saturated carbocycles. The van der Waals surface area contributed by atoms with Crippen LogP contribution in [0, 0.1) is 0 Å². The average molecular weight is 216 g/mol. The maximum atomic E-state index is 11.5. The smallest absolute Gasteiger partial charge is 0.215 e. The Morgan fingerprint density at radius 1 is 1.64 bits per heavy atom. The molecule has 0 saturated heterocycles. The van der Waals surface area contributed by atoms with E-state index < -0.39 is 10.0 Å². The number of hydrogen-bond donors (Lipinski definition) is 1. The van der Waals surface area contributed by atoms with Gasteiger partial charge in [-0.1, -0.05) is 5.16 Å². The van der Waals surface area contributed by atoms with Gasteiger partial charge in [0.05, 0.1) is 11.3 Å². The van der Waals surface area contributed by atoms with Crippen LogP contribution in [0.4, 0.5) is 0 Å². The highest BCUT2D eigenvalue weighted by Crippen LogP contribution is 2.28. The van der Waals surface area contributed by atoms with Crippen molar-refractivity contribution in [2.75, 3.05) is 0 Å². The Bertz CT molecular complexity index is 394. The minimum Gasteiger partial charge on any atom is -0.364 e. The second kappa shape index (κ2) is 3.36. The first-order valence-electron chi connectivity index (χ1n) is 4.51. The largest absolute Gasteiger partial charge is 0.364 e. The van der Waals surface area contributed by atoms with Gasteiger partial charge in [0.1, 0.15) is 12.0 Å². The van der Waals surface area contributed by atoms with Gasteiger partial charge in [0, 0.05) is 6.07 Å². The van der Waals surface area contributed by atoms with Crippen LogP contribution in [0.25, 0.3) is 0 Å². The third kappa shape index (κ3) is 1.96. The van der Waals surface area contributed by atoms with E-state index in [1.54, 1.807) is 13.0 Å². The van der Waals surface area contributed by atoms with Crippen molar-refractivity contribution in [2.24, 2.45) is 0 Å². The second-order valence-corrected chi connectivity index (χ2v) is 5.50. The highest BCUT2D eigenvalue weighted by molar-refractivity contribution is 7.90. The summed E-state index contributed by atoms with van der Waals surface area (Å²) in [6.45, 7) is 1.75. The minimum atomic E-state index is -3.14. The first kappa shape index (κ1) is 9.67. The minimum absolute atomic E-state index is 0.197. The Balaban J connectivity index is 2.04. The molecule has 6 heteroatoms. The number of nitrogens with zero attached hydrogens (tertiary/aromatic N) is 1. The van der Waals surface area contributed by atoms with E-state index in [-0.39, 0.29) is 11.3 Å². The molecule has 78 valence electrons. The Labute approximate surface area is 82.5 Å². The molecule has 1 unspecified atom stereocenters. The van der Waals surface area contributed by atoms with E-state index >= 15 is 0 Å². The van der Waals surface area contributed by atoms with Gasteiger partial charge in [-0.3, -0.25) is 0 Å². The van der Waals surface area contributed by atoms with Crippen LogP contribution in [-0.2, 0) is 10.0 Å². The third-order valence-corrected chi connectivity index (χ3v) is 4.24. The molecule has 1 fully saturated rings. The normalized spacial score (nSPS) is 19.5. The molecular weight excluding hydrogens is 204 g/mol. The molecule has 0 spiro atoms. The predicted octanol–water partition coefficient (Wildman–Crippen LogP) is 0.817. The molecule has 5 nitrogen and oxygen atoms in total. The predicted molar refractivity (Wildman–Crippen MR) is 50.0 cm³/mol. The lowest BCUT2D eigenvalue weighted by Crippen LogP contribution is -2.30. The fourth-order valence-corrected chi connectivity index (χ4v) is 2.79. The van der Waals surface area contributed by atoms with Crippen LogP contribution in [0.15, 0.2) is 16.9 Å². The van der Waals surface area contributed by atoms with Crippen molar-refractivity contribution in [3.8, 4) is 0 Å². The molecule has 1 aliphatic carbocycles. The summed E-state index contributed by atoms with van der Waals surface area (Å²) in [5.74, 6) is 0. The van der Waals surface area contributed by atoms with Gasteiger partial charge in [0.15, 0.2) is 0 Å². The van der Waals surface area contributed by atoms with E-state index in [1.807, 2.05) is 0 Å². The second-order valence-electron chi connectivity index (χ2n) is 3.51. The molecule has 1 aromatic rings. The summed E-state index contributed by atoms with van der Waals surface area (Å²) in [7, 11) is -3.14. The number of aromatic nitrogens is 1. The van der Waals surface area contributed by atoms with Crippen LogP contribution in [0.5, 0.6) is 0 Å². The van der Waals surface area contributed by atoms with Crippen LogP contribution in [0.1, 0.15) is 31.5 Å². The highest BCUT2D eigenvalue weighted by atomic mass is 32.2. The molecule has 1 aromatic heterocycles. The van der Waals surface area contributed by atoms with E-state index in [1.165, 1.54) is 6.26 Å². The number of sulfonamides is 1. The summed E-state index contributed by atoms with van der Waals surface area (Å²) in [5, 5.41) is 3.48. The van der Waals surface area contributed by atoms with Gasteiger partial charge in [-0.25, -0.2) is 13.1 Å². The maximum absolute atomic E-state index is 11.5. The van der Waals surface area contributed by atoms with Gasteiger partial charge in [-0.05, 0) is 19.8 Å². The van der Waals surface area contributed by atoms with Gasteiger partial charge in [-0.2, -0.15) is 0 Å². The quantitative estimate of drug-likeness (QED) is 0.808. The van der Waals surface area contributed by atoms with Crippen LogP contribution in [-0.4, -0.2) is 18.8 Å². The lowest BCUT2D eigenvalue weighted by Gasteiger charge is -2.10. The standard InChI is InChI=1S/C8H12N2O3S/c1-6(8-4-5-13-9-8)10-14(11,12)7-2-3-7/h4-7,10H,2-3H2,1H3. The highest BCUT2D eigenvalue weighted by Gasteiger charge is 2.36. The van der Waals surface area contributed by atoms with Crippen molar-refractivity contribution in [1.29, 1.82) is 0 Å². The maximum Gasteiger partial charge on any atom is 0.215 e. The van der Waals surface area contributed by atoms with Crippen LogP contribution in [0.3, 0.4) is 0 Å². The Morgan fingerprint density at radius 3 is 2.86 bits per heavy atom. The van der Waals surface area contributed by atoms with Gasteiger partial charge < -0.3 is 4.52 Å². The molecule has 2 rings (SSSR count). The number of hydrogen-bond acceptors (Lipinski definition) is 4. The molecule has 0 radical (unpaired) electrons. The van der Waals surface area contributed by atoms with E-state index in [4.69, 9.17) is 0 Å². The first-order chi connectivity index (χ1) is 6.59. The van der Waals surface area contributed by atoms with E-state index in [2.05, 4.69) is 14.4 Å². The van der Waals surface area contributed by atoms with Crippen molar-refractivity contribution >= 4 is 10.0 Å². The van der Waals surface area contributed by atoms with Crippen LogP contribution in [0.2, 0.25) is 0 Å². The number of nitrogens with one attached hydrogen (secondary N) is 1. The van der Waals surface area contributed by atoms with Crippen molar-refractivity contribution in [3.05, 3.63) is 18.0 Å². The van der Waals surface area contributed by atoms with Gasteiger partial charge in [0.25, 0.3) is 0 Å². The van der Waals surface area contributed by atoms with E-state index in [9.17, 15) is 8.42 Å². The monoisotopic (exact) mass is 216 g/mol. The van der Waals surface area contributed by atoms with Gasteiger partial charge >= 0.3 is 0 Å². The molecule has 1 N–H and O–H groups in total. The van der Waals surface area contributed by atoms with E-state index in [0.717, 1.165) is 12.8 Å². The van der Waals surface area contributed by atoms with Crippen LogP contribution < -0.4 is 4.72 Å². The van der Waals surface area contributed by atoms with Crippen molar-refractivity contribution in [1.82, 2.24) is 9.88 Å². The molecular formula is C8H12N2O3S. The first-order valence-corrected chi connectivity index (χ1v) is 6.05. The lowest BCUT2D eigenvalue weighted by atomic mass is 10.3. The Kier molecular flexibility index (Phi) is 2.32.